The monoisotopic (exact) mass is 747 g/mol. The first-order chi connectivity index (χ1) is 22.5. The Bertz CT molecular complexity index is 1400. The number of urea groups is 1. The Balaban J connectivity index is 1.86. The Morgan fingerprint density at radius 2 is 1.61 bits per heavy atom. The molecule has 49 heavy (non-hydrogen) atoms. The first-order valence-electron chi connectivity index (χ1n) is 17.3. The topological polar surface area (TPSA) is 171 Å². The fourth-order valence-corrected chi connectivity index (χ4v) is 9.16. The van der Waals surface area contributed by atoms with Crippen molar-refractivity contribution >= 4 is 62.6 Å². The molecule has 278 valence electrons. The summed E-state index contributed by atoms with van der Waals surface area (Å²) in [7, 11) is -3.59. The van der Waals surface area contributed by atoms with Crippen LogP contribution in [0.4, 0.5) is 4.79 Å². The summed E-state index contributed by atoms with van der Waals surface area (Å²) in [5, 5.41) is 10.9. The summed E-state index contributed by atoms with van der Waals surface area (Å²) < 4.78 is 24.3. The second-order valence-electron chi connectivity index (χ2n) is 15.9. The highest BCUT2D eigenvalue weighted by atomic mass is 35.5. The van der Waals surface area contributed by atoms with Gasteiger partial charge in [0.1, 0.15) is 16.4 Å². The standard InChI is InChI=1S/C34H55Cl2N5O7S/c1-9-11-15-22(25(42)28(44)37-18-10-2)38-27(43)24-23-21(34(23,35)36)19-41(24)29(45)26(31(3,4)5)39-30(46)40-33(16-13-12-14-17-33)20-49(47,48)32(6,7)8/h10,21-24,26H,2,9,11-20H2,1,3-8H3,(H,37,44)(H,38,43)(H2,39,40,46)/t21?,22?,23-,24-,26+/m0/s1. The van der Waals surface area contributed by atoms with Crippen molar-refractivity contribution in [1.82, 2.24) is 26.2 Å². The second kappa shape index (κ2) is 15.5. The highest BCUT2D eigenvalue weighted by Gasteiger charge is 2.74. The van der Waals surface area contributed by atoms with Crippen LogP contribution >= 0.6 is 23.2 Å². The van der Waals surface area contributed by atoms with Crippen LogP contribution in [0.25, 0.3) is 0 Å². The second-order valence-corrected chi connectivity index (χ2v) is 20.1. The first kappa shape index (κ1) is 41.0. The number of halogens is 2. The van der Waals surface area contributed by atoms with E-state index in [0.717, 1.165) is 19.3 Å². The van der Waals surface area contributed by atoms with E-state index in [1.54, 1.807) is 41.5 Å². The Kier molecular flexibility index (Phi) is 13.0. The lowest BCUT2D eigenvalue weighted by Crippen LogP contribution is -2.64. The van der Waals surface area contributed by atoms with E-state index in [-0.39, 0.29) is 25.3 Å². The van der Waals surface area contributed by atoms with Gasteiger partial charge in [-0.15, -0.1) is 29.8 Å². The molecule has 3 fully saturated rings. The lowest BCUT2D eigenvalue weighted by Gasteiger charge is -2.41. The number of sulfone groups is 1. The minimum absolute atomic E-state index is 0.0472. The van der Waals surface area contributed by atoms with Crippen LogP contribution in [-0.4, -0.2) is 94.4 Å². The number of piperidine rings is 1. The molecule has 12 nitrogen and oxygen atoms in total. The SMILES string of the molecule is C=CCNC(=O)C(=O)C(CCCC)NC(=O)[C@@H]1[C@@H]2C(CN1C(=O)[C@@H](NC(=O)NC1(CS(=O)(=O)C(C)(C)C)CCCCC1)C(C)(C)C)C2(Cl)Cl. The molecule has 2 saturated carbocycles. The summed E-state index contributed by atoms with van der Waals surface area (Å²) >= 11 is 13.1. The Morgan fingerprint density at radius 1 is 1.00 bits per heavy atom. The molecule has 1 saturated heterocycles. The average Bonchev–Trinajstić information content (AvgIpc) is 3.30. The number of nitrogens with zero attached hydrogens (tertiary/aromatic N) is 1. The molecule has 0 aromatic carbocycles. The van der Waals surface area contributed by atoms with Gasteiger partial charge in [0, 0.05) is 24.9 Å². The summed E-state index contributed by atoms with van der Waals surface area (Å²) in [6.07, 6.45) is 6.32. The van der Waals surface area contributed by atoms with Gasteiger partial charge in [-0.2, -0.15) is 0 Å². The van der Waals surface area contributed by atoms with Crippen LogP contribution in [0.1, 0.15) is 99.8 Å². The van der Waals surface area contributed by atoms with Crippen LogP contribution in [0, 0.1) is 17.3 Å². The van der Waals surface area contributed by atoms with Crippen LogP contribution in [0.2, 0.25) is 0 Å². The lowest BCUT2D eigenvalue weighted by molar-refractivity contribution is -0.144. The van der Waals surface area contributed by atoms with E-state index in [4.69, 9.17) is 23.2 Å². The molecule has 0 radical (unpaired) electrons. The van der Waals surface area contributed by atoms with Crippen molar-refractivity contribution in [2.24, 2.45) is 17.3 Å². The van der Waals surface area contributed by atoms with Crippen LogP contribution in [0.3, 0.4) is 0 Å². The van der Waals surface area contributed by atoms with Crippen molar-refractivity contribution in [2.75, 3.05) is 18.8 Å². The Hall–Kier alpha value is -2.38. The number of hydrogen-bond acceptors (Lipinski definition) is 7. The fraction of sp³-hybridized carbons (Fsp3) is 0.794. The van der Waals surface area contributed by atoms with Gasteiger partial charge in [-0.3, -0.25) is 19.2 Å². The molecular formula is C34H55Cl2N5O7S. The molecule has 1 aliphatic heterocycles. The number of alkyl halides is 2. The number of carbonyl (C=O) groups excluding carboxylic acids is 5. The Morgan fingerprint density at radius 3 is 2.14 bits per heavy atom. The maximum absolute atomic E-state index is 14.4. The minimum Gasteiger partial charge on any atom is -0.346 e. The van der Waals surface area contributed by atoms with Crippen molar-refractivity contribution < 1.29 is 32.4 Å². The van der Waals surface area contributed by atoms with Crippen molar-refractivity contribution in [2.45, 2.75) is 133 Å². The number of nitrogens with one attached hydrogen (secondary N) is 4. The van der Waals surface area contributed by atoms with Crippen LogP contribution in [-0.2, 0) is 29.0 Å². The van der Waals surface area contributed by atoms with E-state index in [9.17, 15) is 32.4 Å². The third-order valence-electron chi connectivity index (χ3n) is 9.97. The molecule has 4 N–H and O–H groups in total. The highest BCUT2D eigenvalue weighted by Crippen LogP contribution is 2.65. The van der Waals surface area contributed by atoms with Gasteiger partial charge < -0.3 is 26.2 Å². The zero-order valence-corrected chi connectivity index (χ0v) is 32.2. The van der Waals surface area contributed by atoms with Crippen LogP contribution < -0.4 is 21.3 Å². The Labute approximate surface area is 301 Å². The molecule has 2 unspecified atom stereocenters. The molecule has 5 amide bonds. The molecule has 3 aliphatic rings. The number of rotatable bonds is 14. The van der Waals surface area contributed by atoms with Gasteiger partial charge in [-0.05, 0) is 45.4 Å². The quantitative estimate of drug-likeness (QED) is 0.119. The van der Waals surface area contributed by atoms with Gasteiger partial charge in [0.2, 0.25) is 17.6 Å². The smallest absolute Gasteiger partial charge is 0.315 e. The molecule has 15 heteroatoms. The lowest BCUT2D eigenvalue weighted by atomic mass is 9.83. The molecule has 0 aromatic heterocycles. The number of Topliss-reactive ketones (excluding diaryl/α,β-unsaturated/α-hetero) is 1. The van der Waals surface area contributed by atoms with Gasteiger partial charge in [-0.1, -0.05) is 65.9 Å². The van der Waals surface area contributed by atoms with Crippen LogP contribution in [0.5, 0.6) is 0 Å². The average molecular weight is 749 g/mol. The van der Waals surface area contributed by atoms with E-state index in [0.29, 0.717) is 25.7 Å². The summed E-state index contributed by atoms with van der Waals surface area (Å²) in [6.45, 7) is 15.8. The molecular weight excluding hydrogens is 693 g/mol. The van der Waals surface area contributed by atoms with E-state index in [2.05, 4.69) is 27.8 Å². The highest BCUT2D eigenvalue weighted by molar-refractivity contribution is 7.92. The zero-order chi connectivity index (χ0) is 37.2. The van der Waals surface area contributed by atoms with Crippen molar-refractivity contribution in [3.63, 3.8) is 0 Å². The van der Waals surface area contributed by atoms with Crippen molar-refractivity contribution in [3.8, 4) is 0 Å². The number of unbranched alkanes of at least 4 members (excludes halogenated alkanes) is 1. The van der Waals surface area contributed by atoms with Gasteiger partial charge in [0.25, 0.3) is 5.91 Å². The number of hydrogen-bond donors (Lipinski definition) is 4. The summed E-state index contributed by atoms with van der Waals surface area (Å²) in [5.41, 5.74) is -1.83. The predicted molar refractivity (Wildman–Crippen MR) is 191 cm³/mol. The summed E-state index contributed by atoms with van der Waals surface area (Å²) in [4.78, 5) is 68.9. The van der Waals surface area contributed by atoms with Gasteiger partial charge in [-0.25, -0.2) is 13.2 Å². The third kappa shape index (κ3) is 9.49. The normalized spacial score (nSPS) is 24.1. The molecule has 1 heterocycles. The van der Waals surface area contributed by atoms with Gasteiger partial charge in [0.05, 0.1) is 22.1 Å². The number of fused-ring (bicyclic) bond motifs is 1. The number of amides is 5. The first-order valence-corrected chi connectivity index (χ1v) is 19.7. The molecule has 2 aliphatic carbocycles. The number of likely N-dealkylation sites (tertiary alicyclic amines) is 1. The van der Waals surface area contributed by atoms with Crippen molar-refractivity contribution in [1.29, 1.82) is 0 Å². The molecule has 5 atom stereocenters. The van der Waals surface area contributed by atoms with E-state index >= 15 is 0 Å². The molecule has 0 spiro atoms. The van der Waals surface area contributed by atoms with E-state index < -0.39 is 89.4 Å². The zero-order valence-electron chi connectivity index (χ0n) is 29.9. The van der Waals surface area contributed by atoms with E-state index in [1.165, 1.54) is 11.0 Å². The van der Waals surface area contributed by atoms with Crippen molar-refractivity contribution in [3.05, 3.63) is 12.7 Å². The summed E-state index contributed by atoms with van der Waals surface area (Å²) in [5.74, 6) is -4.15. The minimum atomic E-state index is -3.59. The van der Waals surface area contributed by atoms with Gasteiger partial charge in [0.15, 0.2) is 9.84 Å². The number of carbonyl (C=O) groups is 5. The summed E-state index contributed by atoms with van der Waals surface area (Å²) in [6, 6.07) is -4.09. The fourth-order valence-electron chi connectivity index (χ4n) is 6.81. The third-order valence-corrected chi connectivity index (χ3v) is 13.8. The van der Waals surface area contributed by atoms with Gasteiger partial charge >= 0.3 is 6.03 Å². The molecule has 0 bridgehead atoms. The molecule has 0 aromatic rings. The largest absolute Gasteiger partial charge is 0.346 e. The molecule has 3 rings (SSSR count). The van der Waals surface area contributed by atoms with Crippen LogP contribution in [0.15, 0.2) is 12.7 Å². The predicted octanol–water partition coefficient (Wildman–Crippen LogP) is 3.79. The maximum Gasteiger partial charge on any atom is 0.315 e. The maximum atomic E-state index is 14.4. The number of ketones is 1. The van der Waals surface area contributed by atoms with E-state index in [1.807, 2.05) is 6.92 Å².